The summed E-state index contributed by atoms with van der Waals surface area (Å²) in [4.78, 5) is 35.6. The second-order valence-corrected chi connectivity index (χ2v) is 7.52. The number of rotatable bonds is 3. The van der Waals surface area contributed by atoms with Gasteiger partial charge in [0, 0.05) is 11.2 Å². The quantitative estimate of drug-likeness (QED) is 0.341. The largest absolute Gasteiger partial charge is 0.459 e. The van der Waals surface area contributed by atoms with E-state index in [-0.39, 0.29) is 12.1 Å². The van der Waals surface area contributed by atoms with Gasteiger partial charge < -0.3 is 9.30 Å². The van der Waals surface area contributed by atoms with Gasteiger partial charge in [-0.25, -0.2) is 13.6 Å². The Morgan fingerprint density at radius 3 is 2.36 bits per heavy atom. The molecule has 1 aromatic heterocycles. The maximum Gasteiger partial charge on any atom is 0.344 e. The molecule has 28 heavy (non-hydrogen) atoms. The molecule has 0 N–H and O–H groups in total. The van der Waals surface area contributed by atoms with Crippen molar-refractivity contribution in [3.63, 3.8) is 0 Å². The summed E-state index contributed by atoms with van der Waals surface area (Å²) in [5.74, 6) is -6.90. The molecule has 0 atom stereocenters. The maximum atomic E-state index is 14.7. The van der Waals surface area contributed by atoms with Gasteiger partial charge in [0.1, 0.15) is 10.9 Å². The summed E-state index contributed by atoms with van der Waals surface area (Å²) in [6, 6.07) is 0. The van der Waals surface area contributed by atoms with Crippen LogP contribution in [0.5, 0.6) is 0 Å². The summed E-state index contributed by atoms with van der Waals surface area (Å²) in [5.41, 5.74) is -4.85. The van der Waals surface area contributed by atoms with Crippen molar-refractivity contribution >= 4 is 22.6 Å². The molecule has 0 unspecified atom stereocenters. The van der Waals surface area contributed by atoms with Crippen LogP contribution in [0.3, 0.4) is 0 Å². The molecule has 2 aromatic rings. The molecule has 2 heterocycles. The first-order valence-electron chi connectivity index (χ1n) is 8.54. The number of nitrogens with zero attached hydrogens (tertiary/aromatic N) is 2. The van der Waals surface area contributed by atoms with Gasteiger partial charge in [0.05, 0.1) is 16.5 Å². The second kappa shape index (κ2) is 6.32. The van der Waals surface area contributed by atoms with Gasteiger partial charge in [-0.1, -0.05) is 0 Å². The summed E-state index contributed by atoms with van der Waals surface area (Å²) in [6.07, 6.45) is -0.0958. The van der Waals surface area contributed by atoms with Gasteiger partial charge in [-0.15, -0.1) is 0 Å². The van der Waals surface area contributed by atoms with E-state index < -0.39 is 67.6 Å². The minimum atomic E-state index is -2.09. The van der Waals surface area contributed by atoms with Crippen molar-refractivity contribution in [2.24, 2.45) is 0 Å². The molecule has 0 saturated carbocycles. The molecule has 0 fully saturated rings. The average Bonchev–Trinajstić information content (AvgIpc) is 2.87. The molecule has 10 heteroatoms. The lowest BCUT2D eigenvalue weighted by atomic mass is 10.0. The highest BCUT2D eigenvalue weighted by atomic mass is 19.2. The molecule has 0 bridgehead atoms. The molecular weight excluding hydrogens is 381 g/mol. The van der Waals surface area contributed by atoms with E-state index in [0.29, 0.717) is 6.42 Å². The minimum absolute atomic E-state index is 0.0763. The minimum Gasteiger partial charge on any atom is -0.459 e. The number of hydrogen-bond acceptors (Lipinski definition) is 5. The lowest BCUT2D eigenvalue weighted by Crippen LogP contribution is -2.31. The van der Waals surface area contributed by atoms with Gasteiger partial charge in [0.15, 0.2) is 5.82 Å². The number of halogens is 3. The first-order valence-corrected chi connectivity index (χ1v) is 8.54. The zero-order valence-corrected chi connectivity index (χ0v) is 15.6. The van der Waals surface area contributed by atoms with Crippen LogP contribution in [0.25, 0.3) is 10.9 Å². The van der Waals surface area contributed by atoms with Crippen molar-refractivity contribution in [3.05, 3.63) is 49.0 Å². The summed E-state index contributed by atoms with van der Waals surface area (Å²) >= 11 is 0. The number of aromatic nitrogens is 1. The van der Waals surface area contributed by atoms with Crippen LogP contribution in [0.2, 0.25) is 0 Å². The van der Waals surface area contributed by atoms with Crippen LogP contribution in [0.1, 0.15) is 50.2 Å². The Hall–Kier alpha value is -2.91. The Labute approximate surface area is 156 Å². The van der Waals surface area contributed by atoms with Crippen molar-refractivity contribution in [1.82, 2.24) is 4.57 Å². The first-order chi connectivity index (χ1) is 12.9. The van der Waals surface area contributed by atoms with E-state index in [1.165, 1.54) is 18.4 Å². The smallest absolute Gasteiger partial charge is 0.344 e. The number of carbonyl (C=O) groups is 1. The van der Waals surface area contributed by atoms with Gasteiger partial charge in [-0.3, -0.25) is 14.9 Å². The molecule has 0 amide bonds. The Balaban J connectivity index is 2.64. The van der Waals surface area contributed by atoms with Gasteiger partial charge >= 0.3 is 11.7 Å². The highest BCUT2D eigenvalue weighted by molar-refractivity contribution is 5.99. The molecule has 7 nitrogen and oxygen atoms in total. The lowest BCUT2D eigenvalue weighted by Gasteiger charge is -2.26. The summed E-state index contributed by atoms with van der Waals surface area (Å²) in [7, 11) is 0. The van der Waals surface area contributed by atoms with Crippen molar-refractivity contribution < 1.29 is 27.6 Å². The number of esters is 1. The molecule has 1 aliphatic rings. The standard InChI is InChI=1S/C18H17F3N2O5/c1-7(2)28-17(25)9-8-5-6-18(3,4)22(8)14-10(16(9)24)15(23(26)27)13(21)11(19)12(14)20/h7H,5-6H2,1-4H3. The third-order valence-electron chi connectivity index (χ3n) is 4.82. The summed E-state index contributed by atoms with van der Waals surface area (Å²) in [5, 5.41) is 10.4. The highest BCUT2D eigenvalue weighted by Gasteiger charge is 2.41. The van der Waals surface area contributed by atoms with Crippen molar-refractivity contribution in [1.29, 1.82) is 0 Å². The molecule has 3 rings (SSSR count). The molecular formula is C18H17F3N2O5. The maximum absolute atomic E-state index is 14.7. The van der Waals surface area contributed by atoms with E-state index in [1.807, 2.05) is 0 Å². The van der Waals surface area contributed by atoms with Gasteiger partial charge in [-0.2, -0.15) is 4.39 Å². The van der Waals surface area contributed by atoms with E-state index in [0.717, 1.165) is 0 Å². The SMILES string of the molecule is CC(C)OC(=O)c1c2n(c3c(F)c(F)c(F)c([N+](=O)[O-])c3c1=O)C(C)(C)CC2. The van der Waals surface area contributed by atoms with E-state index in [2.05, 4.69) is 0 Å². The third kappa shape index (κ3) is 2.66. The summed E-state index contributed by atoms with van der Waals surface area (Å²) in [6.45, 7) is 6.35. The fraction of sp³-hybridized carbons (Fsp3) is 0.444. The number of carbonyl (C=O) groups excluding carboxylic acids is 1. The molecule has 0 aliphatic carbocycles. The van der Waals surface area contributed by atoms with E-state index in [9.17, 15) is 32.9 Å². The predicted octanol–water partition coefficient (Wildman–Crippen LogP) is 3.57. The van der Waals surface area contributed by atoms with Crippen LogP contribution in [0.15, 0.2) is 4.79 Å². The number of benzene rings is 1. The molecule has 1 aromatic carbocycles. The number of nitro benzene ring substituents is 1. The monoisotopic (exact) mass is 398 g/mol. The van der Waals surface area contributed by atoms with Gasteiger partial charge in [0.2, 0.25) is 17.1 Å². The zero-order chi connectivity index (χ0) is 21.1. The molecule has 0 radical (unpaired) electrons. The number of ether oxygens (including phenoxy) is 1. The Kier molecular flexibility index (Phi) is 4.48. The van der Waals surface area contributed by atoms with Crippen LogP contribution in [0, 0.1) is 27.6 Å². The van der Waals surface area contributed by atoms with E-state index in [4.69, 9.17) is 4.74 Å². The molecule has 0 saturated heterocycles. The topological polar surface area (TPSA) is 91.4 Å². The number of fused-ring (bicyclic) bond motifs is 3. The van der Waals surface area contributed by atoms with E-state index in [1.54, 1.807) is 13.8 Å². The van der Waals surface area contributed by atoms with Crippen LogP contribution >= 0.6 is 0 Å². The molecule has 1 aliphatic heterocycles. The first kappa shape index (κ1) is 19.8. The number of hydrogen-bond donors (Lipinski definition) is 0. The molecule has 150 valence electrons. The Morgan fingerprint density at radius 2 is 1.82 bits per heavy atom. The average molecular weight is 398 g/mol. The van der Waals surface area contributed by atoms with Crippen molar-refractivity contribution in [2.45, 2.75) is 52.2 Å². The normalized spacial score (nSPS) is 15.1. The number of pyridine rings is 1. The summed E-state index contributed by atoms with van der Waals surface area (Å²) < 4.78 is 49.2. The molecule has 0 spiro atoms. The van der Waals surface area contributed by atoms with Gasteiger partial charge in [0.25, 0.3) is 0 Å². The van der Waals surface area contributed by atoms with E-state index >= 15 is 0 Å². The van der Waals surface area contributed by atoms with Crippen LogP contribution in [0.4, 0.5) is 18.9 Å². The fourth-order valence-corrected chi connectivity index (χ4v) is 3.66. The third-order valence-corrected chi connectivity index (χ3v) is 4.82. The number of nitro groups is 1. The Morgan fingerprint density at radius 1 is 1.21 bits per heavy atom. The predicted molar refractivity (Wildman–Crippen MR) is 92.9 cm³/mol. The lowest BCUT2D eigenvalue weighted by molar-refractivity contribution is -0.386. The fourth-order valence-electron chi connectivity index (χ4n) is 3.66. The zero-order valence-electron chi connectivity index (χ0n) is 15.6. The highest BCUT2D eigenvalue weighted by Crippen LogP contribution is 2.40. The van der Waals surface area contributed by atoms with Crippen molar-refractivity contribution in [3.8, 4) is 0 Å². The van der Waals surface area contributed by atoms with Crippen molar-refractivity contribution in [2.75, 3.05) is 0 Å². The Bertz CT molecular complexity index is 1110. The van der Waals surface area contributed by atoms with Crippen LogP contribution < -0.4 is 5.43 Å². The second-order valence-electron chi connectivity index (χ2n) is 7.52. The van der Waals surface area contributed by atoms with Crippen LogP contribution in [-0.2, 0) is 16.7 Å². The van der Waals surface area contributed by atoms with Crippen LogP contribution in [-0.4, -0.2) is 21.6 Å². The van der Waals surface area contributed by atoms with Gasteiger partial charge in [-0.05, 0) is 40.5 Å².